The molecule has 0 bridgehead atoms. The molecule has 2 aromatic carbocycles. The average molecular weight is 390 g/mol. The van der Waals surface area contributed by atoms with Gasteiger partial charge in [-0.3, -0.25) is 9.79 Å². The highest BCUT2D eigenvalue weighted by atomic mass is 16.2. The number of aryl methyl sites for hydroxylation is 2. The summed E-state index contributed by atoms with van der Waals surface area (Å²) in [4.78, 5) is 22.3. The maximum atomic E-state index is 13.6. The van der Waals surface area contributed by atoms with E-state index in [-0.39, 0.29) is 11.3 Å². The molecule has 1 aliphatic carbocycles. The van der Waals surface area contributed by atoms with Crippen LogP contribution in [0.2, 0.25) is 0 Å². The second-order valence-electron chi connectivity index (χ2n) is 8.93. The molecule has 4 heteroatoms. The lowest BCUT2D eigenvalue weighted by Crippen LogP contribution is -2.42. The van der Waals surface area contributed by atoms with Crippen molar-refractivity contribution in [3.8, 4) is 0 Å². The Hall–Kier alpha value is -2.62. The summed E-state index contributed by atoms with van der Waals surface area (Å²) < 4.78 is 0. The maximum absolute atomic E-state index is 13.6. The third-order valence-corrected chi connectivity index (χ3v) is 6.31. The van der Waals surface area contributed by atoms with Gasteiger partial charge in [-0.05, 0) is 53.5 Å². The van der Waals surface area contributed by atoms with E-state index in [4.69, 9.17) is 0 Å². The van der Waals surface area contributed by atoms with Gasteiger partial charge in [0.15, 0.2) is 0 Å². The van der Waals surface area contributed by atoms with E-state index in [9.17, 15) is 4.79 Å². The van der Waals surface area contributed by atoms with Crippen molar-refractivity contribution in [1.82, 2.24) is 4.90 Å². The SMILES string of the molecule is CN1CCN=C1CN(C(=O)CC(C)(C)c1ccccc1)c1ccc2c(c1)CCC2. The number of aliphatic imine (C=N–C) groups is 1. The Bertz CT molecular complexity index is 917. The van der Waals surface area contributed by atoms with Gasteiger partial charge in [0.2, 0.25) is 5.91 Å². The van der Waals surface area contributed by atoms with E-state index in [2.05, 4.69) is 61.1 Å². The zero-order valence-corrected chi connectivity index (χ0v) is 17.8. The van der Waals surface area contributed by atoms with E-state index in [1.807, 2.05) is 23.1 Å². The molecule has 4 nitrogen and oxygen atoms in total. The van der Waals surface area contributed by atoms with Gasteiger partial charge in [-0.2, -0.15) is 0 Å². The number of hydrogen-bond acceptors (Lipinski definition) is 3. The van der Waals surface area contributed by atoms with Crippen molar-refractivity contribution >= 4 is 17.4 Å². The van der Waals surface area contributed by atoms with Gasteiger partial charge >= 0.3 is 0 Å². The van der Waals surface area contributed by atoms with Gasteiger partial charge in [0.05, 0.1) is 13.1 Å². The summed E-state index contributed by atoms with van der Waals surface area (Å²) in [7, 11) is 2.06. The number of amidine groups is 1. The molecule has 0 atom stereocenters. The molecule has 152 valence electrons. The Morgan fingerprint density at radius 3 is 2.59 bits per heavy atom. The fourth-order valence-corrected chi connectivity index (χ4v) is 4.41. The number of carbonyl (C=O) groups excluding carboxylic acids is 1. The number of amides is 1. The van der Waals surface area contributed by atoms with Crippen molar-refractivity contribution in [2.24, 2.45) is 4.99 Å². The Labute approximate surface area is 174 Å². The number of hydrogen-bond donors (Lipinski definition) is 0. The van der Waals surface area contributed by atoms with Crippen LogP contribution in [0.25, 0.3) is 0 Å². The van der Waals surface area contributed by atoms with E-state index >= 15 is 0 Å². The number of fused-ring (bicyclic) bond motifs is 1. The molecule has 0 radical (unpaired) electrons. The monoisotopic (exact) mass is 389 g/mol. The predicted molar refractivity (Wildman–Crippen MR) is 120 cm³/mol. The number of rotatable bonds is 6. The van der Waals surface area contributed by atoms with E-state index in [1.165, 1.54) is 23.1 Å². The molecule has 1 amide bonds. The average Bonchev–Trinajstić information content (AvgIpc) is 3.34. The van der Waals surface area contributed by atoms with Crippen molar-refractivity contribution in [2.75, 3.05) is 31.6 Å². The lowest BCUT2D eigenvalue weighted by Gasteiger charge is -2.31. The standard InChI is InChI=1S/C25H31N3O/c1-25(2,21-10-5-4-6-11-21)17-24(29)28(18-23-26-14-15-27(23)3)22-13-12-19-8-7-9-20(19)16-22/h4-6,10-13,16H,7-9,14-15,17-18H2,1-3H3. The highest BCUT2D eigenvalue weighted by molar-refractivity contribution is 6.01. The molecular formula is C25H31N3O. The zero-order valence-electron chi connectivity index (χ0n) is 17.8. The van der Waals surface area contributed by atoms with Gasteiger partial charge in [0, 0.05) is 25.7 Å². The van der Waals surface area contributed by atoms with Crippen molar-refractivity contribution < 1.29 is 4.79 Å². The van der Waals surface area contributed by atoms with Crippen LogP contribution >= 0.6 is 0 Å². The fourth-order valence-electron chi connectivity index (χ4n) is 4.41. The fraction of sp³-hybridized carbons (Fsp3) is 0.440. The summed E-state index contributed by atoms with van der Waals surface area (Å²) in [5, 5.41) is 0. The summed E-state index contributed by atoms with van der Waals surface area (Å²) in [6.45, 7) is 6.59. The third-order valence-electron chi connectivity index (χ3n) is 6.31. The van der Waals surface area contributed by atoms with Gasteiger partial charge in [0.1, 0.15) is 5.84 Å². The van der Waals surface area contributed by atoms with Crippen LogP contribution in [-0.2, 0) is 23.1 Å². The molecule has 1 aliphatic heterocycles. The molecule has 2 aliphatic rings. The molecule has 1 heterocycles. The smallest absolute Gasteiger partial charge is 0.228 e. The molecule has 29 heavy (non-hydrogen) atoms. The van der Waals surface area contributed by atoms with Gasteiger partial charge in [-0.25, -0.2) is 0 Å². The second kappa shape index (κ2) is 8.02. The van der Waals surface area contributed by atoms with Crippen LogP contribution in [0.3, 0.4) is 0 Å². The topological polar surface area (TPSA) is 35.9 Å². The van der Waals surface area contributed by atoms with Crippen molar-refractivity contribution in [2.45, 2.75) is 44.9 Å². The summed E-state index contributed by atoms with van der Waals surface area (Å²) in [5.41, 5.74) is 4.79. The van der Waals surface area contributed by atoms with E-state index in [1.54, 1.807) is 0 Å². The summed E-state index contributed by atoms with van der Waals surface area (Å²) in [6, 6.07) is 16.9. The number of nitrogens with zero attached hydrogens (tertiary/aromatic N) is 3. The molecule has 2 aromatic rings. The maximum Gasteiger partial charge on any atom is 0.228 e. The molecule has 0 N–H and O–H groups in total. The van der Waals surface area contributed by atoms with Gasteiger partial charge in [-0.1, -0.05) is 50.2 Å². The summed E-state index contributed by atoms with van der Waals surface area (Å²) >= 11 is 0. The van der Waals surface area contributed by atoms with Crippen LogP contribution in [0.4, 0.5) is 5.69 Å². The molecule has 0 unspecified atom stereocenters. The van der Waals surface area contributed by atoms with Crippen LogP contribution in [0.1, 0.15) is 43.4 Å². The van der Waals surface area contributed by atoms with Crippen molar-refractivity contribution in [3.63, 3.8) is 0 Å². The first-order valence-corrected chi connectivity index (χ1v) is 10.7. The molecule has 0 spiro atoms. The normalized spacial score (nSPS) is 16.0. The first-order chi connectivity index (χ1) is 13.9. The number of likely N-dealkylation sites (N-methyl/N-ethyl adjacent to an activating group) is 1. The predicted octanol–water partition coefficient (Wildman–Crippen LogP) is 4.22. The largest absolute Gasteiger partial charge is 0.360 e. The minimum atomic E-state index is -0.225. The minimum absolute atomic E-state index is 0.153. The first kappa shape index (κ1) is 19.7. The third kappa shape index (κ3) is 4.21. The van der Waals surface area contributed by atoms with E-state index < -0.39 is 0 Å². The van der Waals surface area contributed by atoms with E-state index in [0.29, 0.717) is 13.0 Å². The quantitative estimate of drug-likeness (QED) is 0.742. The van der Waals surface area contributed by atoms with Crippen LogP contribution in [0.15, 0.2) is 53.5 Å². The molecule has 0 fully saturated rings. The number of benzene rings is 2. The van der Waals surface area contributed by atoms with Gasteiger partial charge in [0.25, 0.3) is 0 Å². The van der Waals surface area contributed by atoms with E-state index in [0.717, 1.165) is 37.5 Å². The molecular weight excluding hydrogens is 358 g/mol. The van der Waals surface area contributed by atoms with Crippen LogP contribution in [0.5, 0.6) is 0 Å². The van der Waals surface area contributed by atoms with Crippen LogP contribution in [0, 0.1) is 0 Å². The number of anilines is 1. The summed E-state index contributed by atoms with van der Waals surface area (Å²) in [5.74, 6) is 1.15. The minimum Gasteiger partial charge on any atom is -0.360 e. The van der Waals surface area contributed by atoms with Crippen LogP contribution in [-0.4, -0.2) is 43.3 Å². The first-order valence-electron chi connectivity index (χ1n) is 10.7. The highest BCUT2D eigenvalue weighted by Crippen LogP contribution is 2.31. The van der Waals surface area contributed by atoms with Crippen molar-refractivity contribution in [1.29, 1.82) is 0 Å². The Balaban J connectivity index is 1.61. The van der Waals surface area contributed by atoms with Gasteiger partial charge in [-0.15, -0.1) is 0 Å². The summed E-state index contributed by atoms with van der Waals surface area (Å²) in [6.07, 6.45) is 3.94. The Morgan fingerprint density at radius 2 is 1.86 bits per heavy atom. The molecule has 0 aromatic heterocycles. The Kier molecular flexibility index (Phi) is 5.44. The molecule has 0 saturated carbocycles. The van der Waals surface area contributed by atoms with Crippen molar-refractivity contribution in [3.05, 3.63) is 65.2 Å². The molecule has 4 rings (SSSR count). The lowest BCUT2D eigenvalue weighted by molar-refractivity contribution is -0.119. The highest BCUT2D eigenvalue weighted by Gasteiger charge is 2.30. The molecule has 0 saturated heterocycles. The lowest BCUT2D eigenvalue weighted by atomic mass is 9.81. The second-order valence-corrected chi connectivity index (χ2v) is 8.93. The Morgan fingerprint density at radius 1 is 1.10 bits per heavy atom. The van der Waals surface area contributed by atoms with Crippen LogP contribution < -0.4 is 4.90 Å². The zero-order chi connectivity index (χ0) is 20.4. The van der Waals surface area contributed by atoms with Gasteiger partial charge < -0.3 is 9.80 Å². The number of carbonyl (C=O) groups is 1.